The molecule has 4 aliphatic heterocycles. The van der Waals surface area contributed by atoms with E-state index in [-0.39, 0.29) is 33.0 Å². The number of carbonyl (C=O) groups excluding carboxylic acids is 2. The first kappa shape index (κ1) is 40.4. The molecule has 54 heavy (non-hydrogen) atoms. The molecule has 296 valence electrons. The molecule has 0 saturated carbocycles. The Morgan fingerprint density at radius 3 is 2.11 bits per heavy atom. The van der Waals surface area contributed by atoms with Crippen LogP contribution < -0.4 is 0 Å². The lowest BCUT2D eigenvalue weighted by Crippen LogP contribution is -2.63. The molecule has 0 N–H and O–H groups in total. The van der Waals surface area contributed by atoms with E-state index >= 15 is 0 Å². The van der Waals surface area contributed by atoms with Crippen LogP contribution in [0.1, 0.15) is 58.8 Å². The van der Waals surface area contributed by atoms with Gasteiger partial charge in [0.1, 0.15) is 55.4 Å². The first-order valence-electron chi connectivity index (χ1n) is 18.4. The second-order valence-electron chi connectivity index (χ2n) is 14.4. The van der Waals surface area contributed by atoms with Gasteiger partial charge in [-0.1, -0.05) is 66.7 Å². The molecule has 0 spiro atoms. The van der Waals surface area contributed by atoms with E-state index in [1.807, 2.05) is 64.1 Å². The van der Waals surface area contributed by atoms with Gasteiger partial charge < -0.3 is 56.8 Å². The normalized spacial score (nSPS) is 32.9. The Kier molecular flexibility index (Phi) is 13.2. The highest BCUT2D eigenvalue weighted by atomic mass is 16.9. The summed E-state index contributed by atoms with van der Waals surface area (Å²) in [6.45, 7) is 14.3. The Morgan fingerprint density at radius 1 is 0.759 bits per heavy atom. The van der Waals surface area contributed by atoms with E-state index in [4.69, 9.17) is 56.8 Å². The average Bonchev–Trinajstić information content (AvgIpc) is 3.65. The third-order valence-electron chi connectivity index (χ3n) is 9.31. The summed E-state index contributed by atoms with van der Waals surface area (Å²) in [7, 11) is 0. The van der Waals surface area contributed by atoms with Crippen LogP contribution in [0.2, 0.25) is 0 Å². The van der Waals surface area contributed by atoms with Crippen molar-refractivity contribution in [3.8, 4) is 0 Å². The Balaban J connectivity index is 1.34. The van der Waals surface area contributed by atoms with Crippen molar-refractivity contribution in [3.05, 3.63) is 84.4 Å². The van der Waals surface area contributed by atoms with Gasteiger partial charge in [0.2, 0.25) is 0 Å². The molecule has 14 heteroatoms. The maximum Gasteiger partial charge on any atom is 0.339 e. The van der Waals surface area contributed by atoms with E-state index in [0.29, 0.717) is 5.56 Å². The molecule has 0 unspecified atom stereocenters. The highest BCUT2D eigenvalue weighted by molar-refractivity contribution is 5.76. The van der Waals surface area contributed by atoms with Gasteiger partial charge in [0, 0.05) is 6.92 Å². The SMILES string of the molecule is C=CCO[C@@H]1[C@@H](O[C@H](C(=O)OCC)c2ccccc2)[C@@H](OC[C@H]2O[C@@H]3OC(C)(C)O[C@@H]3[C@H]3OC(C)(C)O[C@H]32)O[C@H](COC(C)=O)[C@H]1OCc1ccccc1. The molecular weight excluding hydrogens is 704 g/mol. The van der Waals surface area contributed by atoms with Crippen LogP contribution in [-0.2, 0) is 73.0 Å². The monoisotopic (exact) mass is 756 g/mol. The summed E-state index contributed by atoms with van der Waals surface area (Å²) >= 11 is 0. The summed E-state index contributed by atoms with van der Waals surface area (Å²) in [6, 6.07) is 18.5. The Bertz CT molecular complexity index is 1540. The highest BCUT2D eigenvalue weighted by Crippen LogP contribution is 2.44. The third-order valence-corrected chi connectivity index (χ3v) is 9.31. The van der Waals surface area contributed by atoms with Crippen molar-refractivity contribution in [1.29, 1.82) is 0 Å². The summed E-state index contributed by atoms with van der Waals surface area (Å²) < 4.78 is 75.1. The van der Waals surface area contributed by atoms with Gasteiger partial charge in [0.25, 0.3) is 0 Å². The Morgan fingerprint density at radius 2 is 1.43 bits per heavy atom. The minimum atomic E-state index is -1.22. The van der Waals surface area contributed by atoms with Crippen molar-refractivity contribution in [2.24, 2.45) is 0 Å². The summed E-state index contributed by atoms with van der Waals surface area (Å²) in [6.07, 6.45) is -7.74. The van der Waals surface area contributed by atoms with Crippen LogP contribution in [0.5, 0.6) is 0 Å². The van der Waals surface area contributed by atoms with Crippen LogP contribution in [0, 0.1) is 0 Å². The Labute approximate surface area is 316 Å². The molecule has 0 bridgehead atoms. The van der Waals surface area contributed by atoms with E-state index in [1.165, 1.54) is 6.92 Å². The quantitative estimate of drug-likeness (QED) is 0.175. The summed E-state index contributed by atoms with van der Waals surface area (Å²) in [4.78, 5) is 25.7. The molecule has 4 heterocycles. The third kappa shape index (κ3) is 9.74. The molecule has 11 atom stereocenters. The zero-order valence-corrected chi connectivity index (χ0v) is 31.7. The number of hydrogen-bond acceptors (Lipinski definition) is 14. The number of carbonyl (C=O) groups is 2. The number of rotatable bonds is 16. The molecule has 4 aliphatic rings. The molecule has 0 aliphatic carbocycles. The molecule has 0 radical (unpaired) electrons. The largest absolute Gasteiger partial charge is 0.464 e. The van der Waals surface area contributed by atoms with Gasteiger partial charge in [0.15, 0.2) is 30.3 Å². The predicted octanol–water partition coefficient (Wildman–Crippen LogP) is 4.53. The van der Waals surface area contributed by atoms with Crippen molar-refractivity contribution in [1.82, 2.24) is 0 Å². The summed E-state index contributed by atoms with van der Waals surface area (Å²) in [5.74, 6) is -2.96. The molecule has 6 rings (SSSR count). The van der Waals surface area contributed by atoms with E-state index in [1.54, 1.807) is 37.3 Å². The highest BCUT2D eigenvalue weighted by Gasteiger charge is 2.61. The van der Waals surface area contributed by atoms with Crippen LogP contribution in [0.25, 0.3) is 0 Å². The topological polar surface area (TPSA) is 145 Å². The average molecular weight is 757 g/mol. The van der Waals surface area contributed by atoms with Crippen molar-refractivity contribution < 1.29 is 66.4 Å². The lowest BCUT2D eigenvalue weighted by Gasteiger charge is -2.46. The second-order valence-corrected chi connectivity index (χ2v) is 14.4. The standard InChI is InChI=1S/C40H52O14/c1-8-20-44-32-30(46-21-25-16-12-10-13-17-25)27(22-45-24(3)41)48-37(34(32)50-29(36(42)43-9-2)26-18-14-11-15-19-26)47-23-28-31-33(52-39(4,5)51-31)35-38(49-28)54-40(6,7)53-35/h8,10-19,27-35,37-38H,1,9,20-23H2,2-7H3/t27-,28-,29+,30-,31+,32+,33+,34-,35-,37+,38-/m1/s1. The smallest absolute Gasteiger partial charge is 0.339 e. The fourth-order valence-corrected chi connectivity index (χ4v) is 7.12. The van der Waals surface area contributed by atoms with Gasteiger partial charge in [-0.25, -0.2) is 4.79 Å². The van der Waals surface area contributed by atoms with Gasteiger partial charge in [-0.15, -0.1) is 6.58 Å². The van der Waals surface area contributed by atoms with Crippen molar-refractivity contribution >= 4 is 11.9 Å². The minimum absolute atomic E-state index is 0.0858. The fourth-order valence-electron chi connectivity index (χ4n) is 7.12. The van der Waals surface area contributed by atoms with Crippen molar-refractivity contribution in [2.75, 3.05) is 26.4 Å². The predicted molar refractivity (Wildman–Crippen MR) is 189 cm³/mol. The lowest BCUT2D eigenvalue weighted by atomic mass is 9.97. The zero-order chi connectivity index (χ0) is 38.5. The molecule has 0 amide bonds. The van der Waals surface area contributed by atoms with Crippen molar-refractivity contribution in [2.45, 2.75) is 127 Å². The van der Waals surface area contributed by atoms with Crippen LogP contribution in [0.3, 0.4) is 0 Å². The van der Waals surface area contributed by atoms with Gasteiger partial charge >= 0.3 is 11.9 Å². The van der Waals surface area contributed by atoms with E-state index in [0.717, 1.165) is 5.56 Å². The van der Waals surface area contributed by atoms with Crippen LogP contribution in [0.4, 0.5) is 0 Å². The minimum Gasteiger partial charge on any atom is -0.464 e. The number of hydrogen-bond donors (Lipinski definition) is 0. The first-order chi connectivity index (χ1) is 25.9. The fraction of sp³-hybridized carbons (Fsp3) is 0.600. The van der Waals surface area contributed by atoms with Crippen LogP contribution in [-0.4, -0.2) is 111 Å². The molecule has 14 nitrogen and oxygen atoms in total. The van der Waals surface area contributed by atoms with Crippen molar-refractivity contribution in [3.63, 3.8) is 0 Å². The van der Waals surface area contributed by atoms with E-state index in [9.17, 15) is 9.59 Å². The van der Waals surface area contributed by atoms with Gasteiger partial charge in [-0.05, 0) is 45.7 Å². The maximum absolute atomic E-state index is 13.6. The zero-order valence-electron chi connectivity index (χ0n) is 31.7. The number of ether oxygens (including phenoxy) is 12. The first-order valence-corrected chi connectivity index (χ1v) is 18.4. The van der Waals surface area contributed by atoms with Crippen LogP contribution >= 0.6 is 0 Å². The molecule has 4 saturated heterocycles. The van der Waals surface area contributed by atoms with Gasteiger partial charge in [-0.2, -0.15) is 0 Å². The molecule has 0 aromatic heterocycles. The van der Waals surface area contributed by atoms with Gasteiger partial charge in [0.05, 0.1) is 26.4 Å². The molecular formula is C40H52O14. The second kappa shape index (κ2) is 17.7. The number of benzene rings is 2. The molecule has 2 aromatic rings. The summed E-state index contributed by atoms with van der Waals surface area (Å²) in [5.41, 5.74) is 1.44. The summed E-state index contributed by atoms with van der Waals surface area (Å²) in [5, 5.41) is 0. The number of fused-ring (bicyclic) bond motifs is 3. The van der Waals surface area contributed by atoms with E-state index < -0.39 is 91.0 Å². The molecule has 4 fully saturated rings. The van der Waals surface area contributed by atoms with Crippen LogP contribution in [0.15, 0.2) is 73.3 Å². The lowest BCUT2D eigenvalue weighted by molar-refractivity contribution is -0.337. The Hall–Kier alpha value is -3.28. The van der Waals surface area contributed by atoms with Gasteiger partial charge in [-0.3, -0.25) is 4.79 Å². The molecule has 2 aromatic carbocycles. The number of esters is 2. The maximum atomic E-state index is 13.6. The van der Waals surface area contributed by atoms with E-state index in [2.05, 4.69) is 6.58 Å².